The third-order valence-electron chi connectivity index (χ3n) is 1.83. The molecule has 0 amide bonds. The van der Waals surface area contributed by atoms with Crippen LogP contribution in [0.2, 0.25) is 0 Å². The first-order chi connectivity index (χ1) is 4.43. The molecule has 0 aromatic rings. The number of thioether (sulfide) groups is 1. The topological polar surface area (TPSA) is 12.0 Å². The van der Waals surface area contributed by atoms with E-state index in [1.807, 2.05) is 11.8 Å². The van der Waals surface area contributed by atoms with Crippen molar-refractivity contribution >= 4 is 11.8 Å². The third kappa shape index (κ3) is 2.59. The molecule has 1 N–H and O–H groups in total. The first-order valence-electron chi connectivity index (χ1n) is 3.63. The molecule has 0 radical (unpaired) electrons. The fourth-order valence-corrected chi connectivity index (χ4v) is 1.52. The fraction of sp³-hybridized carbons (Fsp3) is 1.00. The van der Waals surface area contributed by atoms with Gasteiger partial charge in [-0.2, -0.15) is 11.8 Å². The van der Waals surface area contributed by atoms with Crippen LogP contribution < -0.4 is 5.32 Å². The van der Waals surface area contributed by atoms with Gasteiger partial charge in [0.05, 0.1) is 0 Å². The molecule has 0 spiro atoms. The molecule has 0 atom stereocenters. The van der Waals surface area contributed by atoms with E-state index in [2.05, 4.69) is 11.6 Å². The van der Waals surface area contributed by atoms with Gasteiger partial charge < -0.3 is 5.32 Å². The smallest absolute Gasteiger partial charge is 0.000825 e. The summed E-state index contributed by atoms with van der Waals surface area (Å²) >= 11 is 1.96. The van der Waals surface area contributed by atoms with Crippen LogP contribution in [0.25, 0.3) is 0 Å². The summed E-state index contributed by atoms with van der Waals surface area (Å²) in [6.45, 7) is 2.54. The molecule has 1 nitrogen and oxygen atoms in total. The van der Waals surface area contributed by atoms with Crippen LogP contribution in [-0.2, 0) is 0 Å². The lowest BCUT2D eigenvalue weighted by atomic mass is 9.98. The summed E-state index contributed by atoms with van der Waals surface area (Å²) in [4.78, 5) is 0. The van der Waals surface area contributed by atoms with E-state index in [1.54, 1.807) is 0 Å². The largest absolute Gasteiger partial charge is 0.316 e. The summed E-state index contributed by atoms with van der Waals surface area (Å²) in [7, 11) is 0. The molecule has 54 valence electrons. The average molecular weight is 145 g/mol. The van der Waals surface area contributed by atoms with Gasteiger partial charge in [0.15, 0.2) is 0 Å². The zero-order valence-electron chi connectivity index (χ0n) is 6.02. The minimum absolute atomic E-state index is 1.01. The Bertz CT molecular complexity index is 71.3. The summed E-state index contributed by atoms with van der Waals surface area (Å²) in [5.41, 5.74) is 0. The van der Waals surface area contributed by atoms with Crippen molar-refractivity contribution < 1.29 is 0 Å². The van der Waals surface area contributed by atoms with Crippen molar-refractivity contribution in [3.8, 4) is 0 Å². The van der Waals surface area contributed by atoms with Gasteiger partial charge in [0.1, 0.15) is 0 Å². The van der Waals surface area contributed by atoms with Crippen LogP contribution >= 0.6 is 11.8 Å². The molecule has 1 heterocycles. The highest BCUT2D eigenvalue weighted by Crippen LogP contribution is 2.12. The third-order valence-corrected chi connectivity index (χ3v) is 2.52. The van der Waals surface area contributed by atoms with Gasteiger partial charge in [-0.25, -0.2) is 0 Å². The van der Waals surface area contributed by atoms with E-state index < -0.39 is 0 Å². The predicted molar refractivity (Wildman–Crippen MR) is 44.0 cm³/mol. The second-order valence-electron chi connectivity index (χ2n) is 2.66. The molecule has 1 aliphatic rings. The highest BCUT2D eigenvalue weighted by molar-refractivity contribution is 7.98. The van der Waals surface area contributed by atoms with Crippen molar-refractivity contribution in [3.63, 3.8) is 0 Å². The maximum absolute atomic E-state index is 3.28. The van der Waals surface area contributed by atoms with Crippen molar-refractivity contribution in [1.82, 2.24) is 5.32 Å². The monoisotopic (exact) mass is 145 g/mol. The summed E-state index contributed by atoms with van der Waals surface area (Å²) in [6.07, 6.45) is 5.03. The maximum Gasteiger partial charge on any atom is -0.000825 e. The van der Waals surface area contributed by atoms with Crippen molar-refractivity contribution in [2.24, 2.45) is 5.92 Å². The number of nitrogens with one attached hydrogen (secondary N) is 1. The van der Waals surface area contributed by atoms with E-state index in [0.717, 1.165) is 5.92 Å². The molecule has 1 fully saturated rings. The number of hydrogen-bond acceptors (Lipinski definition) is 2. The van der Waals surface area contributed by atoms with Crippen LogP contribution in [0.3, 0.4) is 0 Å². The predicted octanol–water partition coefficient (Wildman–Crippen LogP) is 1.35. The molecule has 9 heavy (non-hydrogen) atoms. The van der Waals surface area contributed by atoms with Crippen LogP contribution in [-0.4, -0.2) is 25.1 Å². The lowest BCUT2D eigenvalue weighted by Gasteiger charge is -2.26. The molecular weight excluding hydrogens is 130 g/mol. The van der Waals surface area contributed by atoms with Gasteiger partial charge in [-0.1, -0.05) is 0 Å². The highest BCUT2D eigenvalue weighted by Gasteiger charge is 2.14. The van der Waals surface area contributed by atoms with E-state index in [1.165, 1.54) is 31.7 Å². The van der Waals surface area contributed by atoms with Crippen molar-refractivity contribution in [3.05, 3.63) is 0 Å². The zero-order valence-corrected chi connectivity index (χ0v) is 6.84. The van der Waals surface area contributed by atoms with E-state index >= 15 is 0 Å². The Balaban J connectivity index is 1.80. The fourth-order valence-electron chi connectivity index (χ4n) is 1.07. The van der Waals surface area contributed by atoms with Gasteiger partial charge in [0.2, 0.25) is 0 Å². The van der Waals surface area contributed by atoms with Crippen molar-refractivity contribution in [2.45, 2.75) is 12.8 Å². The van der Waals surface area contributed by atoms with E-state index in [4.69, 9.17) is 0 Å². The van der Waals surface area contributed by atoms with Crippen molar-refractivity contribution in [1.29, 1.82) is 0 Å². The first kappa shape index (κ1) is 7.42. The molecule has 0 aromatic heterocycles. The first-order valence-corrected chi connectivity index (χ1v) is 5.02. The molecule has 0 aliphatic carbocycles. The molecule has 1 aliphatic heterocycles. The lowest BCUT2D eigenvalue weighted by molar-refractivity contribution is 0.326. The van der Waals surface area contributed by atoms with Crippen LogP contribution in [0.15, 0.2) is 0 Å². The van der Waals surface area contributed by atoms with Crippen LogP contribution in [0.4, 0.5) is 0 Å². The second-order valence-corrected chi connectivity index (χ2v) is 3.64. The standard InChI is InChI=1S/C7H15NS/c1-9-4-2-3-7-5-8-6-7/h7-8H,2-6H2,1H3. The number of rotatable bonds is 4. The summed E-state index contributed by atoms with van der Waals surface area (Å²) in [5.74, 6) is 2.35. The molecule has 2 heteroatoms. The van der Waals surface area contributed by atoms with Crippen LogP contribution in [0.1, 0.15) is 12.8 Å². The molecule has 0 saturated carbocycles. The van der Waals surface area contributed by atoms with E-state index in [9.17, 15) is 0 Å². The SMILES string of the molecule is CSCCCC1CNC1. The Morgan fingerprint density at radius 3 is 2.78 bits per heavy atom. The Morgan fingerprint density at radius 2 is 2.33 bits per heavy atom. The molecule has 1 rings (SSSR count). The Hall–Kier alpha value is 0.310. The minimum atomic E-state index is 1.01. The van der Waals surface area contributed by atoms with Gasteiger partial charge in [0, 0.05) is 0 Å². The van der Waals surface area contributed by atoms with E-state index in [-0.39, 0.29) is 0 Å². The summed E-state index contributed by atoms with van der Waals surface area (Å²) in [5, 5.41) is 3.28. The van der Waals surface area contributed by atoms with Crippen molar-refractivity contribution in [2.75, 3.05) is 25.1 Å². The average Bonchev–Trinajstić information content (AvgIpc) is 1.76. The Morgan fingerprint density at radius 1 is 1.56 bits per heavy atom. The van der Waals surface area contributed by atoms with Gasteiger partial charge in [-0.15, -0.1) is 0 Å². The summed E-state index contributed by atoms with van der Waals surface area (Å²) < 4.78 is 0. The lowest BCUT2D eigenvalue weighted by Crippen LogP contribution is -2.41. The van der Waals surface area contributed by atoms with Gasteiger partial charge in [0.25, 0.3) is 0 Å². The zero-order chi connectivity index (χ0) is 6.53. The Labute approximate surface area is 61.6 Å². The van der Waals surface area contributed by atoms with E-state index in [0.29, 0.717) is 0 Å². The Kier molecular flexibility index (Phi) is 3.44. The molecule has 1 saturated heterocycles. The van der Waals surface area contributed by atoms with Crippen LogP contribution in [0, 0.1) is 5.92 Å². The minimum Gasteiger partial charge on any atom is -0.316 e. The molecule has 0 aromatic carbocycles. The highest BCUT2D eigenvalue weighted by atomic mass is 32.2. The molecular formula is C7H15NS. The number of hydrogen-bond donors (Lipinski definition) is 1. The summed E-state index contributed by atoms with van der Waals surface area (Å²) in [6, 6.07) is 0. The normalized spacial score (nSPS) is 19.7. The van der Waals surface area contributed by atoms with Gasteiger partial charge >= 0.3 is 0 Å². The second kappa shape index (κ2) is 4.18. The van der Waals surface area contributed by atoms with Gasteiger partial charge in [-0.3, -0.25) is 0 Å². The van der Waals surface area contributed by atoms with Crippen LogP contribution in [0.5, 0.6) is 0 Å². The quantitative estimate of drug-likeness (QED) is 0.599. The maximum atomic E-state index is 3.28. The molecule has 0 unspecified atom stereocenters. The molecule has 0 bridgehead atoms. The van der Waals surface area contributed by atoms with Gasteiger partial charge in [-0.05, 0) is 43.9 Å².